The van der Waals surface area contributed by atoms with E-state index >= 15 is 0 Å². The van der Waals surface area contributed by atoms with E-state index in [4.69, 9.17) is 25.4 Å². The Morgan fingerprint density at radius 1 is 1.15 bits per heavy atom. The third kappa shape index (κ3) is 6.04. The maximum absolute atomic E-state index is 14.6. The first-order valence-electron chi connectivity index (χ1n) is 13.1. The van der Waals surface area contributed by atoms with E-state index in [0.717, 1.165) is 0 Å². The summed E-state index contributed by atoms with van der Waals surface area (Å²) in [4.78, 5) is 19.8. The number of hydrogen-bond acceptors (Lipinski definition) is 6. The molecule has 206 valence electrons. The minimum Gasteiger partial charge on any atom is -0.493 e. The molecule has 1 amide bonds. The van der Waals surface area contributed by atoms with Gasteiger partial charge < -0.3 is 9.64 Å². The molecule has 2 aromatic carbocycles. The van der Waals surface area contributed by atoms with Crippen LogP contribution in [-0.2, 0) is 10.0 Å². The second kappa shape index (κ2) is 10.9. The van der Waals surface area contributed by atoms with E-state index in [-0.39, 0.29) is 28.1 Å². The zero-order chi connectivity index (χ0) is 29.5. The van der Waals surface area contributed by atoms with Gasteiger partial charge >= 0.3 is 0 Å². The van der Waals surface area contributed by atoms with Crippen molar-refractivity contribution in [2.45, 2.75) is 56.8 Å². The van der Waals surface area contributed by atoms with E-state index in [9.17, 15) is 17.6 Å². The summed E-state index contributed by atoms with van der Waals surface area (Å²) in [5, 5.41) is -1.41. The lowest BCUT2D eigenvalue weighted by molar-refractivity contribution is 0.0981. The highest BCUT2D eigenvalue weighted by atomic mass is 32.2. The summed E-state index contributed by atoms with van der Waals surface area (Å²) >= 11 is 0. The lowest BCUT2D eigenvalue weighted by Gasteiger charge is -2.44. The molecule has 4 rings (SSSR count). The summed E-state index contributed by atoms with van der Waals surface area (Å²) in [5.74, 6) is -0.941. The number of aromatic nitrogens is 1. The van der Waals surface area contributed by atoms with Gasteiger partial charge in [0, 0.05) is 17.2 Å². The maximum Gasteiger partial charge on any atom is 0.268 e. The Bertz CT molecular complexity index is 1510. The fraction of sp³-hybridized carbons (Fsp3) is 0.379. The third-order valence-electron chi connectivity index (χ3n) is 6.95. The molecule has 1 aliphatic rings. The Morgan fingerprint density at radius 3 is 2.42 bits per heavy atom. The van der Waals surface area contributed by atoms with E-state index in [0.29, 0.717) is 30.0 Å². The van der Waals surface area contributed by atoms with Crippen molar-refractivity contribution in [2.75, 3.05) is 11.5 Å². The number of pyridine rings is 1. The Morgan fingerprint density at radius 2 is 1.82 bits per heavy atom. The van der Waals surface area contributed by atoms with Crippen molar-refractivity contribution in [3.05, 3.63) is 72.0 Å². The molecular weight excluding hydrogens is 527 g/mol. The van der Waals surface area contributed by atoms with Gasteiger partial charge in [-0.05, 0) is 73.8 Å². The minimum atomic E-state index is -4.18. The largest absolute Gasteiger partial charge is 0.493 e. The van der Waals surface area contributed by atoms with Crippen LogP contribution in [0, 0.1) is 17.7 Å². The molecule has 0 bridgehead atoms. The van der Waals surface area contributed by atoms with Crippen LogP contribution in [0.15, 0.2) is 65.6 Å². The molecule has 1 atom stereocenters. The predicted molar refractivity (Wildman–Crippen MR) is 156 cm³/mol. The number of carbonyl (C=O) groups is 1. The Balaban J connectivity index is 1.83. The fourth-order valence-electron chi connectivity index (χ4n) is 5.07. The number of benzene rings is 2. The molecule has 1 aliphatic heterocycles. The molecule has 2 heterocycles. The topological polar surface area (TPSA) is 88.6 Å². The van der Waals surface area contributed by atoms with Gasteiger partial charge in [0.05, 0.1) is 38.5 Å². The average Bonchev–Trinajstić information content (AvgIpc) is 3.03. The van der Waals surface area contributed by atoms with Crippen molar-refractivity contribution in [3.63, 3.8) is 0 Å². The van der Waals surface area contributed by atoms with Crippen LogP contribution < -0.4 is 14.4 Å². The molecule has 0 saturated carbocycles. The van der Waals surface area contributed by atoms with Crippen LogP contribution in [0.5, 0.6) is 5.75 Å². The summed E-state index contributed by atoms with van der Waals surface area (Å²) in [6.07, 6.45) is 0.586. The van der Waals surface area contributed by atoms with Crippen LogP contribution in [0.2, 0.25) is 0 Å². The highest BCUT2D eigenvalue weighted by Crippen LogP contribution is 2.45. The van der Waals surface area contributed by atoms with Gasteiger partial charge in [0.1, 0.15) is 17.4 Å². The zero-order valence-electron chi connectivity index (χ0n) is 23.3. The molecule has 40 heavy (non-hydrogen) atoms. The second-order valence-corrected chi connectivity index (χ2v) is 13.0. The van der Waals surface area contributed by atoms with E-state index < -0.39 is 32.6 Å². The highest BCUT2D eigenvalue weighted by molar-refractivity contribution is 7.90. The fourth-order valence-corrected chi connectivity index (χ4v) is 6.06. The van der Waals surface area contributed by atoms with Gasteiger partial charge in [-0.3, -0.25) is 4.79 Å². The summed E-state index contributed by atoms with van der Waals surface area (Å²) in [7, 11) is 9.02. The molecular formula is C29H32B2FN3O4S. The standard InChI is InChI=1S/C29H32B2FN3O4S/c1-18(2)17-39-22-14-20(13-21(32)15-22)25-12-11-24(27(36)34-40(37,38)23-9-7-6-8-10-23)26(33-25)35-28(4,5)16-19(3)29(35,30)31/h6-15,18-19H,16-17H2,1-5H3,(H,34,36)/t19-/m0/s1. The van der Waals surface area contributed by atoms with Gasteiger partial charge in [-0.15, -0.1) is 0 Å². The predicted octanol–water partition coefficient (Wildman–Crippen LogP) is 4.66. The maximum atomic E-state index is 14.6. The number of amides is 1. The first-order chi connectivity index (χ1) is 18.6. The number of hydrogen-bond donors (Lipinski definition) is 1. The number of anilines is 1. The number of nitrogens with zero attached hydrogens (tertiary/aromatic N) is 2. The van der Waals surface area contributed by atoms with Gasteiger partial charge in [-0.25, -0.2) is 22.5 Å². The van der Waals surface area contributed by atoms with Crippen LogP contribution in [0.1, 0.15) is 51.4 Å². The van der Waals surface area contributed by atoms with E-state index in [1.165, 1.54) is 36.4 Å². The molecule has 4 radical (unpaired) electrons. The quantitative estimate of drug-likeness (QED) is 0.405. The number of ether oxygens (including phenoxy) is 1. The smallest absolute Gasteiger partial charge is 0.268 e. The lowest BCUT2D eigenvalue weighted by atomic mass is 9.56. The van der Waals surface area contributed by atoms with E-state index in [1.54, 1.807) is 29.2 Å². The summed E-state index contributed by atoms with van der Waals surface area (Å²) in [6.45, 7) is 10.1. The molecule has 0 spiro atoms. The number of sulfonamides is 1. The Kier molecular flexibility index (Phi) is 8.09. The normalized spacial score (nSPS) is 18.1. The first kappa shape index (κ1) is 29.6. The van der Waals surface area contributed by atoms with Gasteiger partial charge in [-0.2, -0.15) is 0 Å². The summed E-state index contributed by atoms with van der Waals surface area (Å²) < 4.78 is 48.4. The van der Waals surface area contributed by atoms with Crippen LogP contribution in [-0.4, -0.2) is 52.5 Å². The summed E-state index contributed by atoms with van der Waals surface area (Å²) in [5.41, 5.74) is 0.0551. The number of rotatable bonds is 8. The molecule has 1 fully saturated rings. The monoisotopic (exact) mass is 559 g/mol. The average molecular weight is 559 g/mol. The molecule has 7 nitrogen and oxygen atoms in total. The minimum absolute atomic E-state index is 0.0432. The molecule has 1 saturated heterocycles. The Hall–Kier alpha value is -3.33. The van der Waals surface area contributed by atoms with Gasteiger partial charge in [0.25, 0.3) is 15.9 Å². The molecule has 0 aliphatic carbocycles. The number of halogens is 1. The molecule has 1 N–H and O–H groups in total. The van der Waals surface area contributed by atoms with Crippen molar-refractivity contribution in [1.82, 2.24) is 9.71 Å². The SMILES string of the molecule is [B]C1([B])[C@@H](C)CC(C)(C)N1c1nc(-c2cc(F)cc(OCC(C)C)c2)ccc1C(=O)NS(=O)(=O)c1ccccc1. The number of nitrogens with one attached hydrogen (secondary N) is 1. The molecule has 11 heteroatoms. The number of carbonyl (C=O) groups excluding carboxylic acids is 1. The van der Waals surface area contributed by atoms with Gasteiger partial charge in [0.15, 0.2) is 0 Å². The summed E-state index contributed by atoms with van der Waals surface area (Å²) in [6, 6.07) is 14.8. The van der Waals surface area contributed by atoms with Crippen molar-refractivity contribution >= 4 is 37.4 Å². The van der Waals surface area contributed by atoms with Crippen LogP contribution in [0.3, 0.4) is 0 Å². The van der Waals surface area contributed by atoms with Crippen LogP contribution >= 0.6 is 0 Å². The van der Waals surface area contributed by atoms with Gasteiger partial charge in [0.2, 0.25) is 0 Å². The molecule has 0 unspecified atom stereocenters. The third-order valence-corrected chi connectivity index (χ3v) is 8.30. The van der Waals surface area contributed by atoms with Crippen molar-refractivity contribution in [3.8, 4) is 17.0 Å². The van der Waals surface area contributed by atoms with Crippen LogP contribution in [0.25, 0.3) is 11.3 Å². The Labute approximate surface area is 238 Å². The highest BCUT2D eigenvalue weighted by Gasteiger charge is 2.50. The van der Waals surface area contributed by atoms with Crippen LogP contribution in [0.4, 0.5) is 10.2 Å². The van der Waals surface area contributed by atoms with Gasteiger partial charge in [-0.1, -0.05) is 39.0 Å². The van der Waals surface area contributed by atoms with Crippen molar-refractivity contribution in [1.29, 1.82) is 0 Å². The van der Waals surface area contributed by atoms with Crippen molar-refractivity contribution in [2.24, 2.45) is 11.8 Å². The van der Waals surface area contributed by atoms with E-state index in [2.05, 4.69) is 4.72 Å². The first-order valence-corrected chi connectivity index (χ1v) is 14.6. The zero-order valence-corrected chi connectivity index (χ0v) is 24.1. The molecule has 3 aromatic rings. The lowest BCUT2D eigenvalue weighted by Crippen LogP contribution is -2.55. The molecule has 1 aromatic heterocycles. The van der Waals surface area contributed by atoms with E-state index in [1.807, 2.05) is 34.6 Å². The van der Waals surface area contributed by atoms with Crippen molar-refractivity contribution < 1.29 is 22.3 Å². The second-order valence-electron chi connectivity index (χ2n) is 11.3.